The van der Waals surface area contributed by atoms with Gasteiger partial charge in [0.25, 0.3) is 17.7 Å². The third kappa shape index (κ3) is 5.39. The molecule has 5 rings (SSSR count). The summed E-state index contributed by atoms with van der Waals surface area (Å²) in [5.74, 6) is -3.63. The van der Waals surface area contributed by atoms with Gasteiger partial charge >= 0.3 is 0 Å². The molecule has 0 bridgehead atoms. The van der Waals surface area contributed by atoms with Crippen LogP contribution in [0.3, 0.4) is 0 Å². The Labute approximate surface area is 237 Å². The van der Waals surface area contributed by atoms with Crippen LogP contribution in [0.2, 0.25) is 0 Å². The third-order valence-corrected chi connectivity index (χ3v) is 7.71. The first-order valence-electron chi connectivity index (χ1n) is 12.5. The molecule has 2 heterocycles. The zero-order chi connectivity index (χ0) is 30.2. The van der Waals surface area contributed by atoms with Crippen molar-refractivity contribution in [3.05, 3.63) is 89.1 Å². The molecular weight excluding hydrogens is 572 g/mol. The average Bonchev–Trinajstić information content (AvgIpc) is 3.58. The highest BCUT2D eigenvalue weighted by Crippen LogP contribution is 2.37. The summed E-state index contributed by atoms with van der Waals surface area (Å²) in [5, 5.41) is 2.82. The first-order chi connectivity index (χ1) is 20.0. The van der Waals surface area contributed by atoms with Gasteiger partial charge in [-0.25, -0.2) is 17.2 Å². The second-order valence-electron chi connectivity index (χ2n) is 9.08. The number of benzene rings is 3. The molecular formula is C28H23F2N5O6S. The zero-order valence-electron chi connectivity index (χ0n) is 22.1. The van der Waals surface area contributed by atoms with Gasteiger partial charge in [-0.3, -0.25) is 30.0 Å². The molecule has 14 heteroatoms. The van der Waals surface area contributed by atoms with Crippen molar-refractivity contribution in [1.82, 2.24) is 21.2 Å². The zero-order valence-corrected chi connectivity index (χ0v) is 22.9. The maximum absolute atomic E-state index is 14.0. The topological polar surface area (TPSA) is 162 Å². The van der Waals surface area contributed by atoms with Crippen LogP contribution in [0.25, 0.3) is 33.2 Å². The number of carbonyl (C=O) groups excluding carboxylic acids is 3. The molecule has 0 atom stereocenters. The van der Waals surface area contributed by atoms with Gasteiger partial charge in [0, 0.05) is 35.0 Å². The highest BCUT2D eigenvalue weighted by atomic mass is 32.2. The summed E-state index contributed by atoms with van der Waals surface area (Å²) in [6, 6.07) is 13.2. The van der Waals surface area contributed by atoms with Crippen LogP contribution in [0.1, 0.15) is 38.1 Å². The van der Waals surface area contributed by atoms with Gasteiger partial charge in [-0.1, -0.05) is 6.07 Å². The smallest absolute Gasteiger partial charge is 0.286 e. The number of sulfonamides is 1. The number of anilines is 1. The number of carbonyl (C=O) groups is 3. The summed E-state index contributed by atoms with van der Waals surface area (Å²) in [7, 11) is -2.50. The van der Waals surface area contributed by atoms with Crippen molar-refractivity contribution in [2.75, 3.05) is 17.5 Å². The van der Waals surface area contributed by atoms with E-state index < -0.39 is 39.4 Å². The van der Waals surface area contributed by atoms with Gasteiger partial charge in [0.15, 0.2) is 0 Å². The fraction of sp³-hybridized carbons (Fsp3) is 0.107. The van der Waals surface area contributed by atoms with Gasteiger partial charge in [-0.05, 0) is 55.5 Å². The van der Waals surface area contributed by atoms with Crippen LogP contribution >= 0.6 is 0 Å². The highest BCUT2D eigenvalue weighted by Gasteiger charge is 2.26. The second kappa shape index (κ2) is 11.0. The Morgan fingerprint density at radius 1 is 0.905 bits per heavy atom. The number of aromatic nitrogens is 1. The molecule has 3 aromatic carbocycles. The first-order valence-corrected chi connectivity index (χ1v) is 14.1. The Morgan fingerprint density at radius 3 is 2.29 bits per heavy atom. The summed E-state index contributed by atoms with van der Waals surface area (Å²) in [6.07, 6.45) is 0. The molecule has 42 heavy (non-hydrogen) atoms. The van der Waals surface area contributed by atoms with Crippen LogP contribution in [0.4, 0.5) is 14.5 Å². The van der Waals surface area contributed by atoms with Crippen LogP contribution < -0.4 is 20.9 Å². The van der Waals surface area contributed by atoms with Crippen molar-refractivity contribution in [2.24, 2.45) is 0 Å². The maximum Gasteiger partial charge on any atom is 0.286 e. The molecule has 0 spiro atoms. The molecule has 0 radical (unpaired) electrons. The van der Waals surface area contributed by atoms with Crippen molar-refractivity contribution >= 4 is 55.3 Å². The average molecular weight is 596 g/mol. The standard InChI is InChI=1S/C28H23F2N5O6S/c1-3-42(39,40)35-21-13-23-18(24(28(38)31-2)25(41-23)14-7-9-15(29)10-8-14)11-17(21)26(36)33-34-27(37)22-12-16-19(30)5-4-6-20(16)32-22/h4-13,32,35H,3H2,1-2H3,(H,31,38)(H,33,36)(H,34,37). The van der Waals surface area contributed by atoms with Gasteiger partial charge in [0.2, 0.25) is 10.0 Å². The van der Waals surface area contributed by atoms with Crippen molar-refractivity contribution in [1.29, 1.82) is 0 Å². The van der Waals surface area contributed by atoms with E-state index in [1.807, 2.05) is 0 Å². The summed E-state index contributed by atoms with van der Waals surface area (Å²) in [5.41, 5.74) is 4.73. The lowest BCUT2D eigenvalue weighted by Gasteiger charge is -2.13. The van der Waals surface area contributed by atoms with Crippen LogP contribution in [-0.2, 0) is 10.0 Å². The van der Waals surface area contributed by atoms with Crippen LogP contribution in [0.5, 0.6) is 0 Å². The lowest BCUT2D eigenvalue weighted by Crippen LogP contribution is -2.42. The largest absolute Gasteiger partial charge is 0.455 e. The molecule has 5 aromatic rings. The van der Waals surface area contributed by atoms with E-state index in [9.17, 15) is 31.6 Å². The predicted molar refractivity (Wildman–Crippen MR) is 151 cm³/mol. The van der Waals surface area contributed by atoms with Gasteiger partial charge in [0.1, 0.15) is 28.7 Å². The minimum absolute atomic E-state index is 0.0159. The summed E-state index contributed by atoms with van der Waals surface area (Å²) >= 11 is 0. The fourth-order valence-electron chi connectivity index (χ4n) is 4.30. The molecule has 0 saturated carbocycles. The first kappa shape index (κ1) is 28.3. The number of fused-ring (bicyclic) bond motifs is 2. The molecule has 0 aliphatic rings. The van der Waals surface area contributed by atoms with E-state index in [1.165, 1.54) is 68.6 Å². The van der Waals surface area contributed by atoms with Crippen molar-refractivity contribution < 1.29 is 36.0 Å². The number of hydrogen-bond donors (Lipinski definition) is 5. The number of hydrazine groups is 1. The van der Waals surface area contributed by atoms with E-state index in [4.69, 9.17) is 4.42 Å². The Hall–Kier alpha value is -5.24. The third-order valence-electron chi connectivity index (χ3n) is 6.42. The van der Waals surface area contributed by atoms with E-state index in [-0.39, 0.29) is 50.4 Å². The van der Waals surface area contributed by atoms with Crippen molar-refractivity contribution in [3.63, 3.8) is 0 Å². The maximum atomic E-state index is 14.0. The molecule has 2 aromatic heterocycles. The summed E-state index contributed by atoms with van der Waals surface area (Å²) in [6.45, 7) is 1.40. The molecule has 11 nitrogen and oxygen atoms in total. The highest BCUT2D eigenvalue weighted by molar-refractivity contribution is 7.92. The summed E-state index contributed by atoms with van der Waals surface area (Å²) < 4.78 is 60.7. The molecule has 0 unspecified atom stereocenters. The van der Waals surface area contributed by atoms with E-state index in [0.29, 0.717) is 11.1 Å². The molecule has 0 aliphatic carbocycles. The second-order valence-corrected chi connectivity index (χ2v) is 11.1. The van der Waals surface area contributed by atoms with Crippen LogP contribution in [0.15, 0.2) is 65.1 Å². The number of furan rings is 1. The monoisotopic (exact) mass is 595 g/mol. The van der Waals surface area contributed by atoms with Gasteiger partial charge < -0.3 is 14.7 Å². The lowest BCUT2D eigenvalue weighted by molar-refractivity contribution is 0.0845. The van der Waals surface area contributed by atoms with E-state index >= 15 is 0 Å². The SMILES string of the molecule is CCS(=O)(=O)Nc1cc2oc(-c3ccc(F)cc3)c(C(=O)NC)c2cc1C(=O)NNC(=O)c1cc2c(F)cccc2[nH]1. The molecule has 0 saturated heterocycles. The quantitative estimate of drug-likeness (QED) is 0.178. The minimum atomic E-state index is -3.89. The Balaban J connectivity index is 1.55. The number of rotatable bonds is 7. The van der Waals surface area contributed by atoms with Gasteiger partial charge in [-0.2, -0.15) is 0 Å². The Kier molecular flexibility index (Phi) is 7.39. The fourth-order valence-corrected chi connectivity index (χ4v) is 4.95. The number of aromatic amines is 1. The van der Waals surface area contributed by atoms with Gasteiger partial charge in [0.05, 0.1) is 22.6 Å². The minimum Gasteiger partial charge on any atom is -0.455 e. The number of halogens is 2. The van der Waals surface area contributed by atoms with E-state index in [1.54, 1.807) is 6.07 Å². The lowest BCUT2D eigenvalue weighted by atomic mass is 10.0. The molecule has 3 amide bonds. The number of nitrogens with one attached hydrogen (secondary N) is 5. The number of H-pyrrole nitrogens is 1. The van der Waals surface area contributed by atoms with E-state index in [0.717, 1.165) is 0 Å². The van der Waals surface area contributed by atoms with E-state index in [2.05, 4.69) is 25.9 Å². The van der Waals surface area contributed by atoms with Crippen LogP contribution in [0, 0.1) is 11.6 Å². The summed E-state index contributed by atoms with van der Waals surface area (Å²) in [4.78, 5) is 41.7. The van der Waals surface area contributed by atoms with Gasteiger partial charge in [-0.15, -0.1) is 0 Å². The molecule has 216 valence electrons. The molecule has 5 N–H and O–H groups in total. The van der Waals surface area contributed by atoms with Crippen molar-refractivity contribution in [2.45, 2.75) is 6.92 Å². The molecule has 0 fully saturated rings. The Morgan fingerprint density at radius 2 is 1.62 bits per heavy atom. The molecule has 0 aliphatic heterocycles. The van der Waals surface area contributed by atoms with Crippen molar-refractivity contribution in [3.8, 4) is 11.3 Å². The predicted octanol–water partition coefficient (Wildman–Crippen LogP) is 4.06. The number of hydrogen-bond acceptors (Lipinski definition) is 6. The van der Waals surface area contributed by atoms with Crippen LogP contribution in [-0.4, -0.2) is 43.9 Å². The normalized spacial score (nSPS) is 11.4. The Bertz CT molecular complexity index is 1980. The number of amides is 3.